The van der Waals surface area contributed by atoms with E-state index < -0.39 is 0 Å². The lowest BCUT2D eigenvalue weighted by Crippen LogP contribution is -2.20. The van der Waals surface area contributed by atoms with Gasteiger partial charge in [0.05, 0.1) is 0 Å². The molecule has 0 aromatic carbocycles. The zero-order valence-electron chi connectivity index (χ0n) is 4.98. The van der Waals surface area contributed by atoms with Crippen molar-refractivity contribution < 1.29 is 4.79 Å². The molecule has 0 saturated carbocycles. The van der Waals surface area contributed by atoms with Crippen molar-refractivity contribution >= 4 is 23.7 Å². The Bertz CT molecular complexity index is 303. The third kappa shape index (κ3) is 0.556. The maximum absolute atomic E-state index is 10.9. The number of fused-ring (bicyclic) bond motifs is 1. The first kappa shape index (κ1) is 5.22. The molecule has 2 rings (SSSR count). The molecular formula is C6H3N3O. The van der Waals surface area contributed by atoms with Crippen LogP contribution in [-0.2, 0) is 4.79 Å². The Labute approximate surface area is 56.7 Å². The number of aliphatic imine (C=N–C) groups is 3. The van der Waals surface area contributed by atoms with Crippen LogP contribution in [0, 0.1) is 0 Å². The van der Waals surface area contributed by atoms with Crippen LogP contribution in [0.25, 0.3) is 0 Å². The van der Waals surface area contributed by atoms with Gasteiger partial charge in [0.15, 0.2) is 11.5 Å². The Morgan fingerprint density at radius 2 is 2.20 bits per heavy atom. The van der Waals surface area contributed by atoms with E-state index in [-0.39, 0.29) is 5.78 Å². The number of allylic oxidation sites excluding steroid dienone is 1. The van der Waals surface area contributed by atoms with Gasteiger partial charge in [-0.1, -0.05) is 0 Å². The number of hydrogen-bond acceptors (Lipinski definition) is 4. The molecule has 0 atom stereocenters. The summed E-state index contributed by atoms with van der Waals surface area (Å²) in [4.78, 5) is 22.2. The molecule has 2 heterocycles. The van der Waals surface area contributed by atoms with Crippen LogP contribution in [0.3, 0.4) is 0 Å². The molecule has 0 amide bonds. The maximum Gasteiger partial charge on any atom is 0.209 e. The first-order valence-corrected chi connectivity index (χ1v) is 2.77. The van der Waals surface area contributed by atoms with E-state index in [2.05, 4.69) is 15.0 Å². The van der Waals surface area contributed by atoms with Gasteiger partial charge in [-0.05, 0) is 0 Å². The molecule has 0 N–H and O–H groups in total. The minimum absolute atomic E-state index is 0.123. The second-order valence-electron chi connectivity index (χ2n) is 1.85. The third-order valence-corrected chi connectivity index (χ3v) is 1.23. The number of carbonyl (C=O) groups is 1. The van der Waals surface area contributed by atoms with E-state index in [1.54, 1.807) is 0 Å². The summed E-state index contributed by atoms with van der Waals surface area (Å²) in [6, 6.07) is 0. The molecule has 2 aliphatic rings. The summed E-state index contributed by atoms with van der Waals surface area (Å²) in [7, 11) is 0. The van der Waals surface area contributed by atoms with Crippen molar-refractivity contribution in [2.75, 3.05) is 0 Å². The SMILES string of the molecule is O=C1C=CN=C2N=CN=C12. The molecule has 4 heteroatoms. The number of nitrogens with zero attached hydrogens (tertiary/aromatic N) is 3. The zero-order valence-corrected chi connectivity index (χ0v) is 4.98. The van der Waals surface area contributed by atoms with Crippen molar-refractivity contribution in [3.8, 4) is 0 Å². The van der Waals surface area contributed by atoms with Crippen molar-refractivity contribution in [1.29, 1.82) is 0 Å². The molecule has 0 saturated heterocycles. The minimum Gasteiger partial charge on any atom is -0.287 e. The predicted molar refractivity (Wildman–Crippen MR) is 37.5 cm³/mol. The van der Waals surface area contributed by atoms with Crippen molar-refractivity contribution in [2.24, 2.45) is 15.0 Å². The Hall–Kier alpha value is -1.58. The Morgan fingerprint density at radius 1 is 1.30 bits per heavy atom. The summed E-state index contributed by atoms with van der Waals surface area (Å²) in [6.07, 6.45) is 4.13. The summed E-state index contributed by atoms with van der Waals surface area (Å²) in [5.74, 6) is 0.301. The summed E-state index contributed by atoms with van der Waals surface area (Å²) >= 11 is 0. The number of carbonyl (C=O) groups excluding carboxylic acids is 1. The maximum atomic E-state index is 10.9. The molecular weight excluding hydrogens is 130 g/mol. The van der Waals surface area contributed by atoms with Gasteiger partial charge in [0, 0.05) is 12.3 Å². The van der Waals surface area contributed by atoms with Gasteiger partial charge in [0.25, 0.3) is 0 Å². The Morgan fingerprint density at radius 3 is 3.00 bits per heavy atom. The van der Waals surface area contributed by atoms with Gasteiger partial charge in [0.2, 0.25) is 5.78 Å². The molecule has 0 aromatic heterocycles. The second kappa shape index (κ2) is 1.70. The highest BCUT2D eigenvalue weighted by Crippen LogP contribution is 2.02. The highest BCUT2D eigenvalue weighted by Gasteiger charge is 2.20. The summed E-state index contributed by atoms with van der Waals surface area (Å²) in [5, 5.41) is 0. The fourth-order valence-electron chi connectivity index (χ4n) is 0.783. The van der Waals surface area contributed by atoms with Gasteiger partial charge in [-0.25, -0.2) is 15.0 Å². The predicted octanol–water partition coefficient (Wildman–Crippen LogP) is -0.0358. The first-order chi connectivity index (χ1) is 4.88. The average molecular weight is 133 g/mol. The highest BCUT2D eigenvalue weighted by molar-refractivity contribution is 6.72. The number of amidine groups is 1. The summed E-state index contributed by atoms with van der Waals surface area (Å²) < 4.78 is 0. The van der Waals surface area contributed by atoms with Crippen LogP contribution in [0.4, 0.5) is 0 Å². The van der Waals surface area contributed by atoms with E-state index in [9.17, 15) is 4.79 Å². The van der Waals surface area contributed by atoms with Gasteiger partial charge < -0.3 is 0 Å². The average Bonchev–Trinajstić information content (AvgIpc) is 2.36. The van der Waals surface area contributed by atoms with E-state index in [0.717, 1.165) is 0 Å². The van der Waals surface area contributed by atoms with Crippen molar-refractivity contribution in [2.45, 2.75) is 0 Å². The molecule has 4 nitrogen and oxygen atoms in total. The second-order valence-corrected chi connectivity index (χ2v) is 1.85. The summed E-state index contributed by atoms with van der Waals surface area (Å²) in [5.41, 5.74) is 0.350. The van der Waals surface area contributed by atoms with E-state index in [1.807, 2.05) is 0 Å². The lowest BCUT2D eigenvalue weighted by Gasteiger charge is -1.97. The van der Waals surface area contributed by atoms with Gasteiger partial charge in [-0.15, -0.1) is 0 Å². The molecule has 48 valence electrons. The lowest BCUT2D eigenvalue weighted by atomic mass is 10.2. The largest absolute Gasteiger partial charge is 0.287 e. The van der Waals surface area contributed by atoms with Gasteiger partial charge in [-0.3, -0.25) is 4.79 Å². The smallest absolute Gasteiger partial charge is 0.209 e. The van der Waals surface area contributed by atoms with Crippen molar-refractivity contribution in [3.05, 3.63) is 12.3 Å². The van der Waals surface area contributed by atoms with Crippen LogP contribution in [0.15, 0.2) is 27.3 Å². The standard InChI is InChI=1S/C6H3N3O/c10-4-1-2-7-6-5(4)8-3-9-6/h1-3H. The van der Waals surface area contributed by atoms with E-state index in [0.29, 0.717) is 11.5 Å². The fourth-order valence-corrected chi connectivity index (χ4v) is 0.783. The molecule has 0 bridgehead atoms. The zero-order chi connectivity index (χ0) is 6.97. The van der Waals surface area contributed by atoms with Crippen LogP contribution in [0.1, 0.15) is 0 Å². The van der Waals surface area contributed by atoms with Crippen LogP contribution < -0.4 is 0 Å². The van der Waals surface area contributed by atoms with Crippen LogP contribution in [0.2, 0.25) is 0 Å². The van der Waals surface area contributed by atoms with E-state index in [1.165, 1.54) is 18.6 Å². The van der Waals surface area contributed by atoms with Crippen LogP contribution in [0.5, 0.6) is 0 Å². The number of ketones is 1. The Balaban J connectivity index is 2.54. The molecule has 0 aliphatic carbocycles. The van der Waals surface area contributed by atoms with Crippen molar-refractivity contribution in [1.82, 2.24) is 0 Å². The molecule has 0 spiro atoms. The summed E-state index contributed by atoms with van der Waals surface area (Å²) in [6.45, 7) is 0. The molecule has 2 aliphatic heterocycles. The van der Waals surface area contributed by atoms with Gasteiger partial charge in [0.1, 0.15) is 6.34 Å². The normalized spacial score (nSPS) is 20.6. The van der Waals surface area contributed by atoms with Gasteiger partial charge in [-0.2, -0.15) is 0 Å². The minimum atomic E-state index is -0.123. The van der Waals surface area contributed by atoms with E-state index >= 15 is 0 Å². The first-order valence-electron chi connectivity index (χ1n) is 2.77. The molecule has 10 heavy (non-hydrogen) atoms. The molecule has 0 unspecified atom stereocenters. The third-order valence-electron chi connectivity index (χ3n) is 1.23. The molecule has 0 radical (unpaired) electrons. The topological polar surface area (TPSA) is 54.1 Å². The van der Waals surface area contributed by atoms with Crippen LogP contribution >= 0.6 is 0 Å². The quantitative estimate of drug-likeness (QED) is 0.457. The van der Waals surface area contributed by atoms with Crippen LogP contribution in [-0.4, -0.2) is 23.7 Å². The van der Waals surface area contributed by atoms with Gasteiger partial charge >= 0.3 is 0 Å². The lowest BCUT2D eigenvalue weighted by molar-refractivity contribution is -0.108. The highest BCUT2D eigenvalue weighted by atomic mass is 16.1. The Kier molecular flexibility index (Phi) is 0.887. The number of hydrogen-bond donors (Lipinski definition) is 0. The fraction of sp³-hybridized carbons (Fsp3) is 0. The van der Waals surface area contributed by atoms with E-state index in [4.69, 9.17) is 0 Å². The number of rotatable bonds is 0. The molecule has 0 fully saturated rings. The monoisotopic (exact) mass is 133 g/mol. The molecule has 0 aromatic rings. The van der Waals surface area contributed by atoms with Crippen molar-refractivity contribution in [3.63, 3.8) is 0 Å².